The van der Waals surface area contributed by atoms with Crippen LogP contribution >= 0.6 is 0 Å². The van der Waals surface area contributed by atoms with Crippen molar-refractivity contribution in [2.45, 2.75) is 50.7 Å². The summed E-state index contributed by atoms with van der Waals surface area (Å²) in [6.07, 6.45) is 7.80. The fourth-order valence-corrected chi connectivity index (χ4v) is 4.54. The number of benzene rings is 1. The molecule has 3 aliphatic heterocycles. The highest BCUT2D eigenvalue weighted by Gasteiger charge is 2.30. The molecule has 0 amide bonds. The van der Waals surface area contributed by atoms with Crippen LogP contribution in [0.1, 0.15) is 55.7 Å². The molecule has 4 rings (SSSR count). The van der Waals surface area contributed by atoms with Crippen molar-refractivity contribution in [2.75, 3.05) is 32.7 Å². The van der Waals surface area contributed by atoms with Gasteiger partial charge in [-0.25, -0.2) is 0 Å². The molecule has 0 spiro atoms. The Kier molecular flexibility index (Phi) is 6.79. The first-order chi connectivity index (χ1) is 14.2. The van der Waals surface area contributed by atoms with E-state index < -0.39 is 5.97 Å². The van der Waals surface area contributed by atoms with E-state index in [-0.39, 0.29) is 12.1 Å². The molecule has 2 N–H and O–H groups in total. The van der Waals surface area contributed by atoms with E-state index in [0.29, 0.717) is 12.3 Å². The molecule has 3 saturated heterocycles. The number of rotatable bonds is 7. The van der Waals surface area contributed by atoms with E-state index in [0.717, 1.165) is 57.5 Å². The lowest BCUT2D eigenvalue weighted by molar-refractivity contribution is -0.138. The smallest absolute Gasteiger partial charge is 0.303 e. The summed E-state index contributed by atoms with van der Waals surface area (Å²) in [5.74, 6) is -0.352. The summed E-state index contributed by atoms with van der Waals surface area (Å²) in [6, 6.07) is 8.78. The van der Waals surface area contributed by atoms with E-state index in [1.807, 2.05) is 6.21 Å². The molecule has 29 heavy (non-hydrogen) atoms. The Morgan fingerprint density at radius 2 is 1.90 bits per heavy atom. The van der Waals surface area contributed by atoms with Gasteiger partial charge in [0, 0.05) is 26.1 Å². The minimum atomic E-state index is -0.678. The summed E-state index contributed by atoms with van der Waals surface area (Å²) in [5, 5.41) is 15.6. The normalized spacial score (nSPS) is 26.6. The van der Waals surface area contributed by atoms with Crippen molar-refractivity contribution in [3.8, 4) is 0 Å². The lowest BCUT2D eigenvalue weighted by Crippen LogP contribution is -2.39. The van der Waals surface area contributed by atoms with Gasteiger partial charge in [-0.2, -0.15) is 10.6 Å². The van der Waals surface area contributed by atoms with Crippen LogP contribution in [0.2, 0.25) is 0 Å². The SMILES string of the molecule is O=C(O)CC1CCN(CC2CC(c3ccc(C=NN4CCCC4)cc3)NO2)CC1. The van der Waals surface area contributed by atoms with E-state index in [9.17, 15) is 4.79 Å². The molecule has 7 nitrogen and oxygen atoms in total. The Morgan fingerprint density at radius 3 is 2.59 bits per heavy atom. The molecule has 3 fully saturated rings. The van der Waals surface area contributed by atoms with Gasteiger partial charge in [-0.05, 0) is 62.2 Å². The number of piperidine rings is 1. The van der Waals surface area contributed by atoms with Crippen molar-refractivity contribution in [3.05, 3.63) is 35.4 Å². The second-order valence-corrected chi connectivity index (χ2v) is 8.56. The van der Waals surface area contributed by atoms with Crippen LogP contribution in [0.4, 0.5) is 0 Å². The van der Waals surface area contributed by atoms with Gasteiger partial charge in [0.1, 0.15) is 0 Å². The molecule has 158 valence electrons. The van der Waals surface area contributed by atoms with Crippen LogP contribution in [-0.2, 0) is 9.63 Å². The van der Waals surface area contributed by atoms with E-state index in [1.165, 1.54) is 18.4 Å². The lowest BCUT2D eigenvalue weighted by atomic mass is 9.93. The van der Waals surface area contributed by atoms with Crippen molar-refractivity contribution in [3.63, 3.8) is 0 Å². The van der Waals surface area contributed by atoms with Crippen molar-refractivity contribution >= 4 is 12.2 Å². The maximum Gasteiger partial charge on any atom is 0.303 e. The fourth-order valence-electron chi connectivity index (χ4n) is 4.54. The molecule has 3 heterocycles. The number of carboxylic acid groups (broad SMARTS) is 1. The fraction of sp³-hybridized carbons (Fsp3) is 0.636. The number of hydrazone groups is 1. The average Bonchev–Trinajstić information content (AvgIpc) is 3.40. The zero-order valence-corrected chi connectivity index (χ0v) is 17.0. The number of hydrogen-bond donors (Lipinski definition) is 2. The van der Waals surface area contributed by atoms with Crippen LogP contribution < -0.4 is 5.48 Å². The molecule has 3 aliphatic rings. The van der Waals surface area contributed by atoms with E-state index >= 15 is 0 Å². The predicted molar refractivity (Wildman–Crippen MR) is 112 cm³/mol. The standard InChI is InChI=1S/C22H32N4O3/c27-22(28)13-17-7-11-25(12-8-17)16-20-14-21(24-29-20)19-5-3-18(4-6-19)15-23-26-9-1-2-10-26/h3-6,15,17,20-21,24H,1-2,7-14,16H2,(H,27,28). The van der Waals surface area contributed by atoms with Gasteiger partial charge in [0.2, 0.25) is 0 Å². The molecule has 0 radical (unpaired) electrons. The zero-order chi connectivity index (χ0) is 20.1. The Bertz CT molecular complexity index is 695. The summed E-state index contributed by atoms with van der Waals surface area (Å²) in [6.45, 7) is 4.97. The lowest BCUT2D eigenvalue weighted by Gasteiger charge is -2.32. The largest absolute Gasteiger partial charge is 0.481 e. The van der Waals surface area contributed by atoms with Crippen LogP contribution in [0.3, 0.4) is 0 Å². The Balaban J connectivity index is 1.22. The van der Waals surface area contributed by atoms with Gasteiger partial charge >= 0.3 is 5.97 Å². The molecular formula is C22H32N4O3. The number of aliphatic carboxylic acids is 1. The molecule has 0 aromatic heterocycles. The summed E-state index contributed by atoms with van der Waals surface area (Å²) >= 11 is 0. The van der Waals surface area contributed by atoms with Gasteiger partial charge < -0.3 is 10.0 Å². The first-order valence-corrected chi connectivity index (χ1v) is 10.9. The van der Waals surface area contributed by atoms with Gasteiger partial charge in [-0.15, -0.1) is 0 Å². The Morgan fingerprint density at radius 1 is 1.17 bits per heavy atom. The first kappa shape index (κ1) is 20.3. The van der Waals surface area contributed by atoms with Crippen molar-refractivity contribution in [2.24, 2.45) is 11.0 Å². The highest BCUT2D eigenvalue weighted by Crippen LogP contribution is 2.27. The first-order valence-electron chi connectivity index (χ1n) is 10.9. The van der Waals surface area contributed by atoms with Crippen molar-refractivity contribution in [1.82, 2.24) is 15.4 Å². The molecule has 0 saturated carbocycles. The third kappa shape index (κ3) is 5.78. The Labute approximate surface area is 172 Å². The minimum absolute atomic E-state index is 0.174. The maximum absolute atomic E-state index is 10.9. The molecule has 0 bridgehead atoms. The maximum atomic E-state index is 10.9. The number of hydroxylamine groups is 1. The zero-order valence-electron chi connectivity index (χ0n) is 17.0. The van der Waals surface area contributed by atoms with Crippen LogP contribution in [0.25, 0.3) is 0 Å². The highest BCUT2D eigenvalue weighted by molar-refractivity contribution is 5.79. The van der Waals surface area contributed by atoms with E-state index in [1.54, 1.807) is 0 Å². The predicted octanol–water partition coefficient (Wildman–Crippen LogP) is 2.64. The van der Waals surface area contributed by atoms with E-state index in [2.05, 4.69) is 44.8 Å². The van der Waals surface area contributed by atoms with Gasteiger partial charge in [0.05, 0.1) is 18.4 Å². The monoisotopic (exact) mass is 400 g/mol. The number of nitrogens with zero attached hydrogens (tertiary/aromatic N) is 3. The second kappa shape index (κ2) is 9.69. The van der Waals surface area contributed by atoms with E-state index in [4.69, 9.17) is 9.94 Å². The summed E-state index contributed by atoms with van der Waals surface area (Å²) in [7, 11) is 0. The number of carboxylic acids is 1. The summed E-state index contributed by atoms with van der Waals surface area (Å²) < 4.78 is 0. The third-order valence-corrected chi connectivity index (χ3v) is 6.30. The summed E-state index contributed by atoms with van der Waals surface area (Å²) in [4.78, 5) is 19.1. The number of carbonyl (C=O) groups is 1. The molecule has 7 heteroatoms. The van der Waals surface area contributed by atoms with Gasteiger partial charge in [0.15, 0.2) is 0 Å². The van der Waals surface area contributed by atoms with Crippen LogP contribution in [0, 0.1) is 5.92 Å². The molecular weight excluding hydrogens is 368 g/mol. The quantitative estimate of drug-likeness (QED) is 0.685. The van der Waals surface area contributed by atoms with Crippen molar-refractivity contribution < 1.29 is 14.7 Å². The highest BCUT2D eigenvalue weighted by atomic mass is 16.7. The molecule has 2 atom stereocenters. The van der Waals surface area contributed by atoms with Gasteiger partial charge in [-0.3, -0.25) is 14.6 Å². The molecule has 1 aromatic carbocycles. The molecule has 1 aromatic rings. The third-order valence-electron chi connectivity index (χ3n) is 6.30. The molecule has 0 aliphatic carbocycles. The summed E-state index contributed by atoms with van der Waals surface area (Å²) in [5.41, 5.74) is 5.56. The van der Waals surface area contributed by atoms with Gasteiger partial charge in [-0.1, -0.05) is 24.3 Å². The van der Waals surface area contributed by atoms with Crippen LogP contribution in [0.5, 0.6) is 0 Å². The second-order valence-electron chi connectivity index (χ2n) is 8.56. The average molecular weight is 401 g/mol. The van der Waals surface area contributed by atoms with Gasteiger partial charge in [0.25, 0.3) is 0 Å². The minimum Gasteiger partial charge on any atom is -0.481 e. The number of hydrogen-bond acceptors (Lipinski definition) is 6. The molecule has 2 unspecified atom stereocenters. The topological polar surface area (TPSA) is 77.4 Å². The number of likely N-dealkylation sites (tertiary alicyclic amines) is 1. The Hall–Kier alpha value is -1.96. The van der Waals surface area contributed by atoms with Crippen LogP contribution in [-0.4, -0.2) is 66.0 Å². The number of nitrogens with one attached hydrogen (secondary N) is 1. The van der Waals surface area contributed by atoms with Crippen LogP contribution in [0.15, 0.2) is 29.4 Å². The van der Waals surface area contributed by atoms with Crippen molar-refractivity contribution in [1.29, 1.82) is 0 Å².